The molecular weight excluding hydrogens is 234 g/mol. The molecule has 0 aromatic heterocycles. The van der Waals surface area contributed by atoms with Gasteiger partial charge in [-0.1, -0.05) is 0 Å². The number of benzene rings is 1. The molecule has 0 spiro atoms. The second-order valence-electron chi connectivity index (χ2n) is 1.45. The van der Waals surface area contributed by atoms with Gasteiger partial charge in [0.05, 0.1) is 0 Å². The van der Waals surface area contributed by atoms with Crippen molar-refractivity contribution in [3.63, 3.8) is 0 Å². The summed E-state index contributed by atoms with van der Waals surface area (Å²) in [4.78, 5) is 0. The van der Waals surface area contributed by atoms with Crippen LogP contribution in [0.25, 0.3) is 0 Å². The Hall–Kier alpha value is 0.240. The minimum Gasteiger partial charge on any atom is -0.0443 e. The summed E-state index contributed by atoms with van der Waals surface area (Å²) in [6.45, 7) is 0. The summed E-state index contributed by atoms with van der Waals surface area (Å²) < 4.78 is 1.23. The lowest BCUT2D eigenvalue weighted by molar-refractivity contribution is -0.288. The van der Waals surface area contributed by atoms with Gasteiger partial charge in [0.1, 0.15) is 0 Å². The van der Waals surface area contributed by atoms with E-state index in [-0.39, 0.29) is 0 Å². The third kappa shape index (κ3) is 1.63. The van der Waals surface area contributed by atoms with Crippen LogP contribution in [0.3, 0.4) is 0 Å². The molecule has 0 unspecified atom stereocenters. The van der Waals surface area contributed by atoms with Crippen LogP contribution in [0.2, 0.25) is 5.02 Å². The Bertz CT molecular complexity index is 147. The van der Waals surface area contributed by atoms with Crippen molar-refractivity contribution in [1.82, 2.24) is 0 Å². The second-order valence-corrected chi connectivity index (χ2v) is 3.17. The zero-order valence-electron chi connectivity index (χ0n) is 4.10. The van der Waals surface area contributed by atoms with Gasteiger partial charge in [-0.05, 0) is 34.7 Å². The maximum Gasteiger partial charge on any atom is 0.225 e. The molecule has 0 fully saturated rings. The maximum absolute atomic E-state index is 4.87. The van der Waals surface area contributed by atoms with Gasteiger partial charge < -0.3 is 0 Å². The van der Waals surface area contributed by atoms with Gasteiger partial charge >= 0.3 is 0 Å². The fourth-order valence-corrected chi connectivity index (χ4v) is 0.930. The van der Waals surface area contributed by atoms with Crippen molar-refractivity contribution in [2.45, 2.75) is 0 Å². The van der Waals surface area contributed by atoms with Crippen LogP contribution in [0, 0.1) is 15.2 Å². The van der Waals surface area contributed by atoms with Gasteiger partial charge in [0.25, 0.3) is 0 Å². The van der Waals surface area contributed by atoms with Gasteiger partial charge in [0.15, 0.2) is 11.6 Å². The molecule has 0 atom stereocenters. The quantitative estimate of drug-likeness (QED) is 0.608. The van der Waals surface area contributed by atoms with Gasteiger partial charge in [-0.25, -0.2) is 0 Å². The second kappa shape index (κ2) is 2.69. The number of hydrogen-bond donors (Lipinski definition) is 0. The Labute approximate surface area is 67.0 Å². The lowest BCUT2D eigenvalue weighted by Crippen LogP contribution is -1.68. The van der Waals surface area contributed by atoms with E-state index in [1.165, 1.54) is 3.57 Å². The van der Waals surface area contributed by atoms with Crippen LogP contribution >= 0.6 is 22.6 Å². The third-order valence-electron chi connectivity index (χ3n) is 0.814. The summed E-state index contributed by atoms with van der Waals surface area (Å²) in [5.74, 6) is 0. The lowest BCUT2D eigenvalue weighted by atomic mass is 10.4. The number of hydrogen-bond acceptors (Lipinski definition) is 0. The van der Waals surface area contributed by atoms with Crippen molar-refractivity contribution in [3.8, 4) is 0 Å². The monoisotopic (exact) mass is 239 g/mol. The largest absolute Gasteiger partial charge is 0.225 e. The van der Waals surface area contributed by atoms with Crippen LogP contribution in [-0.2, 0) is 0 Å². The molecule has 0 aliphatic carbocycles. The highest BCUT2D eigenvalue weighted by Crippen LogP contribution is 2.05. The van der Waals surface area contributed by atoms with E-state index >= 15 is 0 Å². The van der Waals surface area contributed by atoms with Crippen LogP contribution in [0.5, 0.6) is 0 Å². The predicted octanol–water partition coefficient (Wildman–Crippen LogP) is 1.99. The molecule has 1 aromatic carbocycles. The van der Waals surface area contributed by atoms with Crippen molar-refractivity contribution in [2.75, 3.05) is 0 Å². The van der Waals surface area contributed by atoms with E-state index in [2.05, 4.69) is 22.6 Å². The van der Waals surface area contributed by atoms with Crippen molar-refractivity contribution in [1.29, 1.82) is 0 Å². The van der Waals surface area contributed by atoms with Crippen molar-refractivity contribution in [3.05, 3.63) is 32.9 Å². The fraction of sp³-hybridized carbons (Fsp3) is 0. The van der Waals surface area contributed by atoms with E-state index < -0.39 is 0 Å². The lowest BCUT2D eigenvalue weighted by Gasteiger charge is -1.81. The maximum atomic E-state index is 4.87. The first-order chi connectivity index (χ1) is 3.79. The molecule has 8 heavy (non-hydrogen) atoms. The zero-order chi connectivity index (χ0) is 5.98. The molecule has 0 aliphatic heterocycles. The fourth-order valence-electron chi connectivity index (χ4n) is 0.435. The van der Waals surface area contributed by atoms with Crippen molar-refractivity contribution < 1.29 is 11.6 Å². The molecule has 42 valence electrons. The molecule has 1 aromatic rings. The van der Waals surface area contributed by atoms with Crippen LogP contribution in [0.4, 0.5) is 0 Å². The molecule has 2 heteroatoms. The molecule has 0 nitrogen and oxygen atoms in total. The molecule has 0 heterocycles. The summed E-state index contributed by atoms with van der Waals surface area (Å²) in [7, 11) is 0. The Morgan fingerprint density at radius 1 is 1.12 bits per heavy atom. The Balaban J connectivity index is 3.03. The summed E-state index contributed by atoms with van der Waals surface area (Å²) in [5.41, 5.74) is 0. The molecule has 1 rings (SSSR count). The van der Waals surface area contributed by atoms with E-state index in [0.717, 1.165) is 5.02 Å². The van der Waals surface area contributed by atoms with Gasteiger partial charge in [0.2, 0.25) is 5.02 Å². The number of halogens is 2. The molecule has 0 amide bonds. The van der Waals surface area contributed by atoms with Crippen LogP contribution in [0.15, 0.2) is 24.3 Å². The first-order valence-corrected chi connectivity index (χ1v) is 3.70. The highest BCUT2D eigenvalue weighted by Gasteiger charge is 1.90. The molecule has 0 N–H and O–H groups in total. The van der Waals surface area contributed by atoms with Gasteiger partial charge in [0, 0.05) is 15.7 Å². The Morgan fingerprint density at radius 3 is 2.00 bits per heavy atom. The van der Waals surface area contributed by atoms with E-state index in [9.17, 15) is 0 Å². The Morgan fingerprint density at radius 2 is 1.62 bits per heavy atom. The molecule has 0 saturated heterocycles. The zero-order valence-corrected chi connectivity index (χ0v) is 7.07. The van der Waals surface area contributed by atoms with Gasteiger partial charge in [-0.3, -0.25) is 0 Å². The first kappa shape index (κ1) is 6.36. The van der Waals surface area contributed by atoms with Crippen molar-refractivity contribution in [2.24, 2.45) is 0 Å². The molecule has 0 radical (unpaired) electrons. The highest BCUT2D eigenvalue weighted by atomic mass is 127. The average Bonchev–Trinajstić information content (AvgIpc) is 1.77. The minimum absolute atomic E-state index is 0.908. The van der Waals surface area contributed by atoms with E-state index in [1.807, 2.05) is 24.3 Å². The standard InChI is InChI=1S/C6H5ClI/c7-5-1-3-6(8)4-2-5/h1-4,7H/q+1. The topological polar surface area (TPSA) is 0 Å². The van der Waals surface area contributed by atoms with Crippen LogP contribution in [0.1, 0.15) is 0 Å². The smallest absolute Gasteiger partial charge is 0.0443 e. The highest BCUT2D eigenvalue weighted by molar-refractivity contribution is 14.1. The summed E-state index contributed by atoms with van der Waals surface area (Å²) in [5, 5.41) is 0.908. The predicted molar refractivity (Wildman–Crippen MR) is 39.7 cm³/mol. The number of rotatable bonds is 0. The molecular formula is C6H5ClI+. The molecule has 0 bridgehead atoms. The molecule has 0 saturated carbocycles. The first-order valence-electron chi connectivity index (χ1n) is 2.21. The van der Waals surface area contributed by atoms with E-state index in [1.54, 1.807) is 0 Å². The van der Waals surface area contributed by atoms with Gasteiger partial charge in [-0.2, -0.15) is 0 Å². The van der Waals surface area contributed by atoms with E-state index in [4.69, 9.17) is 11.6 Å². The normalized spacial score (nSPS) is 9.25. The molecule has 0 aliphatic rings. The summed E-state index contributed by atoms with van der Waals surface area (Å²) in [6, 6.07) is 7.86. The van der Waals surface area contributed by atoms with Gasteiger partial charge in [-0.15, -0.1) is 0 Å². The average molecular weight is 239 g/mol. The van der Waals surface area contributed by atoms with E-state index in [0.29, 0.717) is 0 Å². The SMILES string of the molecule is [ClH+]c1ccc(I)cc1. The van der Waals surface area contributed by atoms with Crippen molar-refractivity contribution >= 4 is 22.6 Å². The third-order valence-corrected chi connectivity index (χ3v) is 1.80. The van der Waals surface area contributed by atoms with Crippen LogP contribution in [-0.4, -0.2) is 0 Å². The summed E-state index contributed by atoms with van der Waals surface area (Å²) in [6.07, 6.45) is 0. The summed E-state index contributed by atoms with van der Waals surface area (Å²) >= 11 is 7.12. The van der Waals surface area contributed by atoms with Crippen LogP contribution < -0.4 is 0 Å². The Kier molecular flexibility index (Phi) is 2.14. The minimum atomic E-state index is 0.908.